The van der Waals surface area contributed by atoms with E-state index in [0.717, 1.165) is 12.0 Å². The Bertz CT molecular complexity index is 744. The predicted molar refractivity (Wildman–Crippen MR) is 92.6 cm³/mol. The molecule has 2 N–H and O–H groups in total. The SMILES string of the molecule is CCc1ccccc1NC(=O)C(=O)Nc1ccc(OC)c(OC)c1. The number of hydrogen-bond acceptors (Lipinski definition) is 4. The van der Waals surface area contributed by atoms with Crippen molar-refractivity contribution in [2.24, 2.45) is 0 Å². The Morgan fingerprint density at radius 3 is 2.25 bits per heavy atom. The summed E-state index contributed by atoms with van der Waals surface area (Å²) in [5, 5.41) is 5.16. The first-order valence-corrected chi connectivity index (χ1v) is 7.51. The fourth-order valence-corrected chi connectivity index (χ4v) is 2.23. The summed E-state index contributed by atoms with van der Waals surface area (Å²) in [5.74, 6) is -0.484. The number of nitrogens with one attached hydrogen (secondary N) is 2. The Morgan fingerprint density at radius 1 is 0.917 bits per heavy atom. The minimum absolute atomic E-state index is 0.441. The molecule has 0 aromatic heterocycles. The Kier molecular flexibility index (Phi) is 5.78. The average Bonchev–Trinajstić information content (AvgIpc) is 2.61. The molecular formula is C18H20N2O4. The molecule has 0 heterocycles. The maximum absolute atomic E-state index is 12.1. The fourth-order valence-electron chi connectivity index (χ4n) is 2.23. The van der Waals surface area contributed by atoms with Gasteiger partial charge in [-0.05, 0) is 30.2 Å². The van der Waals surface area contributed by atoms with Crippen molar-refractivity contribution in [2.45, 2.75) is 13.3 Å². The second-order valence-corrected chi connectivity index (χ2v) is 4.99. The van der Waals surface area contributed by atoms with E-state index in [9.17, 15) is 9.59 Å². The molecule has 0 radical (unpaired) electrons. The number of amides is 2. The molecule has 0 fully saturated rings. The summed E-state index contributed by atoms with van der Waals surface area (Å²) in [6.07, 6.45) is 0.758. The molecule has 6 heteroatoms. The largest absolute Gasteiger partial charge is 0.493 e. The molecule has 0 saturated heterocycles. The van der Waals surface area contributed by atoms with Crippen LogP contribution in [0, 0.1) is 0 Å². The number of methoxy groups -OCH3 is 2. The van der Waals surface area contributed by atoms with Crippen LogP contribution in [-0.4, -0.2) is 26.0 Å². The van der Waals surface area contributed by atoms with Crippen molar-refractivity contribution < 1.29 is 19.1 Å². The number of para-hydroxylation sites is 1. The minimum Gasteiger partial charge on any atom is -0.493 e. The molecule has 2 rings (SSSR count). The van der Waals surface area contributed by atoms with Crippen LogP contribution in [-0.2, 0) is 16.0 Å². The Morgan fingerprint density at radius 2 is 1.58 bits per heavy atom. The third-order valence-corrected chi connectivity index (χ3v) is 3.49. The van der Waals surface area contributed by atoms with Crippen molar-refractivity contribution in [3.8, 4) is 11.5 Å². The van der Waals surface area contributed by atoms with E-state index in [1.54, 1.807) is 30.3 Å². The van der Waals surface area contributed by atoms with E-state index in [-0.39, 0.29) is 0 Å². The Hall–Kier alpha value is -3.02. The second-order valence-electron chi connectivity index (χ2n) is 4.99. The monoisotopic (exact) mass is 328 g/mol. The molecule has 2 amide bonds. The Balaban J connectivity index is 2.08. The van der Waals surface area contributed by atoms with E-state index >= 15 is 0 Å². The van der Waals surface area contributed by atoms with Crippen LogP contribution in [0.4, 0.5) is 11.4 Å². The highest BCUT2D eigenvalue weighted by Gasteiger charge is 2.16. The topological polar surface area (TPSA) is 76.7 Å². The number of anilines is 2. The third kappa shape index (κ3) is 4.04. The van der Waals surface area contributed by atoms with Crippen LogP contribution < -0.4 is 20.1 Å². The van der Waals surface area contributed by atoms with Gasteiger partial charge >= 0.3 is 11.8 Å². The second kappa shape index (κ2) is 8.01. The molecule has 2 aromatic rings. The zero-order chi connectivity index (χ0) is 17.5. The van der Waals surface area contributed by atoms with Crippen molar-refractivity contribution in [1.82, 2.24) is 0 Å². The van der Waals surface area contributed by atoms with Gasteiger partial charge in [-0.3, -0.25) is 9.59 Å². The average molecular weight is 328 g/mol. The van der Waals surface area contributed by atoms with E-state index in [1.807, 2.05) is 19.1 Å². The molecule has 126 valence electrons. The number of carbonyl (C=O) groups excluding carboxylic acids is 2. The number of ether oxygens (including phenoxy) is 2. The maximum Gasteiger partial charge on any atom is 0.314 e. The van der Waals surface area contributed by atoms with Gasteiger partial charge in [-0.15, -0.1) is 0 Å². The van der Waals surface area contributed by atoms with Crippen LogP contribution in [0.15, 0.2) is 42.5 Å². The molecule has 0 aliphatic rings. The first-order chi connectivity index (χ1) is 11.6. The van der Waals surface area contributed by atoms with Gasteiger partial charge in [0.2, 0.25) is 0 Å². The molecular weight excluding hydrogens is 308 g/mol. The summed E-state index contributed by atoms with van der Waals surface area (Å²) < 4.78 is 10.3. The smallest absolute Gasteiger partial charge is 0.314 e. The van der Waals surface area contributed by atoms with E-state index in [0.29, 0.717) is 22.9 Å². The van der Waals surface area contributed by atoms with Gasteiger partial charge < -0.3 is 20.1 Å². The number of hydrogen-bond donors (Lipinski definition) is 2. The number of carbonyl (C=O) groups is 2. The first-order valence-electron chi connectivity index (χ1n) is 7.51. The lowest BCUT2D eigenvalue weighted by molar-refractivity contribution is -0.133. The van der Waals surface area contributed by atoms with Gasteiger partial charge in [0, 0.05) is 17.4 Å². The van der Waals surface area contributed by atoms with Gasteiger partial charge in [0.15, 0.2) is 11.5 Å². The van der Waals surface area contributed by atoms with Gasteiger partial charge in [-0.25, -0.2) is 0 Å². The third-order valence-electron chi connectivity index (χ3n) is 3.49. The van der Waals surface area contributed by atoms with Crippen molar-refractivity contribution in [3.63, 3.8) is 0 Å². The number of rotatable bonds is 5. The highest BCUT2D eigenvalue weighted by Crippen LogP contribution is 2.29. The standard InChI is InChI=1S/C18H20N2O4/c1-4-12-7-5-6-8-14(12)20-18(22)17(21)19-13-9-10-15(23-2)16(11-13)24-3/h5-11H,4H2,1-3H3,(H,19,21)(H,20,22). The highest BCUT2D eigenvalue weighted by atomic mass is 16.5. The molecule has 2 aromatic carbocycles. The van der Waals surface area contributed by atoms with E-state index in [2.05, 4.69) is 10.6 Å². The van der Waals surface area contributed by atoms with Crippen molar-refractivity contribution in [2.75, 3.05) is 24.9 Å². The van der Waals surface area contributed by atoms with Crippen LogP contribution in [0.3, 0.4) is 0 Å². The van der Waals surface area contributed by atoms with Crippen LogP contribution in [0.1, 0.15) is 12.5 Å². The molecule has 0 atom stereocenters. The van der Waals surface area contributed by atoms with Crippen LogP contribution >= 0.6 is 0 Å². The lowest BCUT2D eigenvalue weighted by atomic mass is 10.1. The zero-order valence-corrected chi connectivity index (χ0v) is 13.9. The summed E-state index contributed by atoms with van der Waals surface area (Å²) in [4.78, 5) is 24.2. The maximum atomic E-state index is 12.1. The molecule has 0 aliphatic carbocycles. The van der Waals surface area contributed by atoms with Crippen molar-refractivity contribution >= 4 is 23.2 Å². The molecule has 0 saturated carbocycles. The molecule has 6 nitrogen and oxygen atoms in total. The summed E-state index contributed by atoms with van der Waals surface area (Å²) in [7, 11) is 3.02. The lowest BCUT2D eigenvalue weighted by Crippen LogP contribution is -2.29. The number of aryl methyl sites for hydroxylation is 1. The summed E-state index contributed by atoms with van der Waals surface area (Å²) in [6.45, 7) is 1.98. The van der Waals surface area contributed by atoms with Gasteiger partial charge in [-0.2, -0.15) is 0 Å². The summed E-state index contributed by atoms with van der Waals surface area (Å²) in [6, 6.07) is 12.2. The van der Waals surface area contributed by atoms with Gasteiger partial charge in [-0.1, -0.05) is 25.1 Å². The van der Waals surface area contributed by atoms with E-state index < -0.39 is 11.8 Å². The lowest BCUT2D eigenvalue weighted by Gasteiger charge is -2.11. The molecule has 0 spiro atoms. The quantitative estimate of drug-likeness (QED) is 0.828. The van der Waals surface area contributed by atoms with E-state index in [4.69, 9.17) is 9.47 Å². The van der Waals surface area contributed by atoms with Crippen molar-refractivity contribution in [1.29, 1.82) is 0 Å². The molecule has 0 aliphatic heterocycles. The normalized spacial score (nSPS) is 9.96. The molecule has 0 unspecified atom stereocenters. The fraction of sp³-hybridized carbons (Fsp3) is 0.222. The van der Waals surface area contributed by atoms with Crippen LogP contribution in [0.25, 0.3) is 0 Å². The summed E-state index contributed by atoms with van der Waals surface area (Å²) >= 11 is 0. The minimum atomic E-state index is -0.756. The Labute approximate surface area is 140 Å². The predicted octanol–water partition coefficient (Wildman–Crippen LogP) is 2.84. The molecule has 0 bridgehead atoms. The number of benzene rings is 2. The van der Waals surface area contributed by atoms with E-state index in [1.165, 1.54) is 14.2 Å². The van der Waals surface area contributed by atoms with Gasteiger partial charge in [0.25, 0.3) is 0 Å². The van der Waals surface area contributed by atoms with Crippen LogP contribution in [0.2, 0.25) is 0 Å². The van der Waals surface area contributed by atoms with Gasteiger partial charge in [0.1, 0.15) is 0 Å². The summed E-state index contributed by atoms with van der Waals surface area (Å²) in [5.41, 5.74) is 2.04. The first kappa shape index (κ1) is 17.3. The van der Waals surface area contributed by atoms with Crippen LogP contribution in [0.5, 0.6) is 11.5 Å². The molecule has 24 heavy (non-hydrogen) atoms. The van der Waals surface area contributed by atoms with Gasteiger partial charge in [0.05, 0.1) is 14.2 Å². The highest BCUT2D eigenvalue weighted by molar-refractivity contribution is 6.43. The van der Waals surface area contributed by atoms with Crippen molar-refractivity contribution in [3.05, 3.63) is 48.0 Å². The zero-order valence-electron chi connectivity index (χ0n) is 13.9.